The van der Waals surface area contributed by atoms with Gasteiger partial charge in [0.25, 0.3) is 0 Å². The van der Waals surface area contributed by atoms with E-state index in [2.05, 4.69) is 24.1 Å². The van der Waals surface area contributed by atoms with Crippen LogP contribution in [0.2, 0.25) is 0 Å². The smallest absolute Gasteiger partial charge is 0.221 e. The Morgan fingerprint density at radius 3 is 2.39 bits per heavy atom. The molecular formula is C29H33N3O4. The molecule has 7 nitrogen and oxygen atoms in total. The highest BCUT2D eigenvalue weighted by molar-refractivity contribution is 5.77. The lowest BCUT2D eigenvalue weighted by molar-refractivity contribution is -0.121. The number of carbonyl (C=O) groups is 1. The number of ether oxygens (including phenoxy) is 3. The van der Waals surface area contributed by atoms with Gasteiger partial charge in [-0.2, -0.15) is 0 Å². The number of pyridine rings is 1. The number of nitrogens with zero attached hydrogens (tertiary/aromatic N) is 2. The van der Waals surface area contributed by atoms with E-state index in [1.165, 1.54) is 0 Å². The Balaban J connectivity index is 1.71. The van der Waals surface area contributed by atoms with Gasteiger partial charge in [-0.15, -0.1) is 0 Å². The number of hydrogen-bond acceptors (Lipinski definition) is 5. The van der Waals surface area contributed by atoms with Gasteiger partial charge in [0, 0.05) is 37.3 Å². The molecule has 0 bridgehead atoms. The van der Waals surface area contributed by atoms with Gasteiger partial charge in [0.1, 0.15) is 18.1 Å². The average molecular weight is 488 g/mol. The van der Waals surface area contributed by atoms with E-state index in [0.29, 0.717) is 42.0 Å². The van der Waals surface area contributed by atoms with Crippen molar-refractivity contribution >= 4 is 11.6 Å². The van der Waals surface area contributed by atoms with Crippen molar-refractivity contribution in [3.05, 3.63) is 89.9 Å². The Labute approximate surface area is 212 Å². The summed E-state index contributed by atoms with van der Waals surface area (Å²) in [6, 6.07) is 19.6. The van der Waals surface area contributed by atoms with Crippen LogP contribution in [0.5, 0.6) is 17.2 Å². The fraction of sp³-hybridized carbons (Fsp3) is 0.310. The van der Waals surface area contributed by atoms with Crippen LogP contribution in [-0.2, 0) is 11.4 Å². The number of fused-ring (bicyclic) bond motifs is 1. The molecule has 0 saturated carbocycles. The van der Waals surface area contributed by atoms with E-state index in [4.69, 9.17) is 14.2 Å². The number of amides is 1. The number of methoxy groups -OCH3 is 2. The number of hydrogen-bond donors (Lipinski definition) is 1. The fourth-order valence-electron chi connectivity index (χ4n) is 4.11. The Morgan fingerprint density at radius 1 is 1.00 bits per heavy atom. The number of aromatic nitrogens is 2. The zero-order valence-corrected chi connectivity index (χ0v) is 21.2. The van der Waals surface area contributed by atoms with Gasteiger partial charge in [0.15, 0.2) is 11.4 Å². The van der Waals surface area contributed by atoms with Crippen molar-refractivity contribution in [1.82, 2.24) is 14.7 Å². The lowest BCUT2D eigenvalue weighted by Crippen LogP contribution is -2.29. The summed E-state index contributed by atoms with van der Waals surface area (Å²) in [6.45, 7) is 5.21. The molecule has 2 aromatic carbocycles. The molecule has 0 aliphatic heterocycles. The van der Waals surface area contributed by atoms with Crippen molar-refractivity contribution in [2.75, 3.05) is 20.8 Å². The summed E-state index contributed by atoms with van der Waals surface area (Å²) in [5.41, 5.74) is 3.56. The van der Waals surface area contributed by atoms with E-state index < -0.39 is 0 Å². The zero-order chi connectivity index (χ0) is 25.5. The third-order valence-corrected chi connectivity index (χ3v) is 6.00. The van der Waals surface area contributed by atoms with Crippen LogP contribution in [0.1, 0.15) is 43.0 Å². The van der Waals surface area contributed by atoms with Gasteiger partial charge in [0.2, 0.25) is 5.91 Å². The van der Waals surface area contributed by atoms with Crippen molar-refractivity contribution in [3.63, 3.8) is 0 Å². The number of carbonyl (C=O) groups excluding carboxylic acids is 1. The van der Waals surface area contributed by atoms with Gasteiger partial charge in [-0.3, -0.25) is 4.79 Å². The number of rotatable bonds is 11. The number of nitrogens with one attached hydrogen (secondary N) is 1. The standard InChI is InChI=1S/C29H33N3O4/c1-20(2)17-30-28(33)16-25(22-13-23(34-3)15-24(14-22)35-4)26-18-31-29-27(11-8-12-32(26)29)36-19-21-9-6-5-7-10-21/h5-15,18,20,25H,16-17,19H2,1-4H3,(H,30,33). The highest BCUT2D eigenvalue weighted by atomic mass is 16.5. The minimum atomic E-state index is -0.277. The van der Waals surface area contributed by atoms with Crippen molar-refractivity contribution in [1.29, 1.82) is 0 Å². The Kier molecular flexibility index (Phi) is 8.10. The highest BCUT2D eigenvalue weighted by Crippen LogP contribution is 2.35. The second-order valence-corrected chi connectivity index (χ2v) is 9.12. The van der Waals surface area contributed by atoms with E-state index in [1.54, 1.807) is 14.2 Å². The normalized spacial score (nSPS) is 11.9. The highest BCUT2D eigenvalue weighted by Gasteiger charge is 2.24. The molecule has 4 rings (SSSR count). The molecule has 1 N–H and O–H groups in total. The fourth-order valence-corrected chi connectivity index (χ4v) is 4.11. The molecular weight excluding hydrogens is 454 g/mol. The minimum Gasteiger partial charge on any atom is -0.497 e. The predicted molar refractivity (Wildman–Crippen MR) is 140 cm³/mol. The van der Waals surface area contributed by atoms with Crippen LogP contribution in [0, 0.1) is 5.92 Å². The molecule has 0 radical (unpaired) electrons. The van der Waals surface area contributed by atoms with Crippen molar-refractivity contribution < 1.29 is 19.0 Å². The van der Waals surface area contributed by atoms with Gasteiger partial charge >= 0.3 is 0 Å². The van der Waals surface area contributed by atoms with E-state index in [9.17, 15) is 4.79 Å². The first kappa shape index (κ1) is 25.1. The molecule has 1 atom stereocenters. The lowest BCUT2D eigenvalue weighted by atomic mass is 9.91. The van der Waals surface area contributed by atoms with Crippen LogP contribution < -0.4 is 19.5 Å². The SMILES string of the molecule is COc1cc(OC)cc(C(CC(=O)NCC(C)C)c2cnc3c(OCc4ccccc4)cccn23)c1. The molecule has 1 unspecified atom stereocenters. The van der Waals surface area contributed by atoms with E-state index in [0.717, 1.165) is 16.8 Å². The first-order valence-corrected chi connectivity index (χ1v) is 12.1. The summed E-state index contributed by atoms with van der Waals surface area (Å²) >= 11 is 0. The van der Waals surface area contributed by atoms with Crippen LogP contribution >= 0.6 is 0 Å². The lowest BCUT2D eigenvalue weighted by Gasteiger charge is -2.19. The van der Waals surface area contributed by atoms with Crippen molar-refractivity contribution in [2.45, 2.75) is 32.8 Å². The summed E-state index contributed by atoms with van der Waals surface area (Å²) in [6.07, 6.45) is 4.02. The second-order valence-electron chi connectivity index (χ2n) is 9.12. The summed E-state index contributed by atoms with van der Waals surface area (Å²) in [7, 11) is 3.24. The third-order valence-electron chi connectivity index (χ3n) is 6.00. The Bertz CT molecular complexity index is 1280. The number of benzene rings is 2. The maximum absolute atomic E-state index is 13.0. The average Bonchev–Trinajstić information content (AvgIpc) is 3.34. The van der Waals surface area contributed by atoms with Crippen LogP contribution in [0.15, 0.2) is 73.1 Å². The van der Waals surface area contributed by atoms with Gasteiger partial charge in [-0.25, -0.2) is 4.98 Å². The molecule has 36 heavy (non-hydrogen) atoms. The minimum absolute atomic E-state index is 0.0260. The largest absolute Gasteiger partial charge is 0.497 e. The molecule has 2 heterocycles. The molecule has 2 aromatic heterocycles. The van der Waals surface area contributed by atoms with Crippen molar-refractivity contribution in [2.24, 2.45) is 5.92 Å². The van der Waals surface area contributed by atoms with Gasteiger partial charge in [0.05, 0.1) is 19.9 Å². The third kappa shape index (κ3) is 5.97. The summed E-state index contributed by atoms with van der Waals surface area (Å²) in [5, 5.41) is 3.04. The van der Waals surface area contributed by atoms with E-state index in [-0.39, 0.29) is 18.2 Å². The first-order chi connectivity index (χ1) is 17.5. The zero-order valence-electron chi connectivity index (χ0n) is 21.2. The quantitative estimate of drug-likeness (QED) is 0.314. The molecule has 4 aromatic rings. The summed E-state index contributed by atoms with van der Waals surface area (Å²) in [5.74, 6) is 2.07. The van der Waals surface area contributed by atoms with Crippen LogP contribution in [0.4, 0.5) is 0 Å². The molecule has 0 aliphatic rings. The molecule has 0 fully saturated rings. The van der Waals surface area contributed by atoms with Crippen molar-refractivity contribution in [3.8, 4) is 17.2 Å². The van der Waals surface area contributed by atoms with Gasteiger partial charge < -0.3 is 23.9 Å². The molecule has 188 valence electrons. The van der Waals surface area contributed by atoms with Gasteiger partial charge in [-0.1, -0.05) is 44.2 Å². The van der Waals surface area contributed by atoms with Crippen LogP contribution in [0.25, 0.3) is 5.65 Å². The maximum Gasteiger partial charge on any atom is 0.221 e. The Hall–Kier alpha value is -4.00. The molecule has 7 heteroatoms. The van der Waals surface area contributed by atoms with Crippen LogP contribution in [0.3, 0.4) is 0 Å². The first-order valence-electron chi connectivity index (χ1n) is 12.1. The maximum atomic E-state index is 13.0. The molecule has 0 spiro atoms. The topological polar surface area (TPSA) is 74.1 Å². The second kappa shape index (κ2) is 11.6. The van der Waals surface area contributed by atoms with E-state index in [1.807, 2.05) is 77.5 Å². The number of imidazole rings is 1. The Morgan fingerprint density at radius 2 is 1.72 bits per heavy atom. The molecule has 0 saturated heterocycles. The summed E-state index contributed by atoms with van der Waals surface area (Å²) in [4.78, 5) is 17.7. The predicted octanol–water partition coefficient (Wildman–Crippen LogP) is 5.22. The monoisotopic (exact) mass is 487 g/mol. The van der Waals surface area contributed by atoms with E-state index >= 15 is 0 Å². The van der Waals surface area contributed by atoms with Crippen LogP contribution in [-0.4, -0.2) is 36.1 Å². The molecule has 1 amide bonds. The van der Waals surface area contributed by atoms with Gasteiger partial charge in [-0.05, 0) is 41.3 Å². The molecule has 0 aliphatic carbocycles. The summed E-state index contributed by atoms with van der Waals surface area (Å²) < 4.78 is 19.1.